The Bertz CT molecular complexity index is 872. The number of esters is 1. The number of rotatable bonds is 3. The van der Waals surface area contributed by atoms with Crippen LogP contribution in [-0.2, 0) is 0 Å². The average Bonchev–Trinajstić information content (AvgIpc) is 2.56. The van der Waals surface area contributed by atoms with E-state index < -0.39 is 0 Å². The number of hydrogen-bond acceptors (Lipinski definition) is 2. The molecule has 128 valence electrons. The summed E-state index contributed by atoms with van der Waals surface area (Å²) in [6.45, 7) is 6.02. The molecule has 0 aliphatic carbocycles. The second kappa shape index (κ2) is 8.09. The number of benzene rings is 3. The fourth-order valence-electron chi connectivity index (χ4n) is 3.20. The van der Waals surface area contributed by atoms with Crippen molar-refractivity contribution >= 4 is 15.9 Å². The maximum absolute atomic E-state index is 12.7. The van der Waals surface area contributed by atoms with Crippen molar-refractivity contribution in [2.75, 3.05) is 0 Å². The van der Waals surface area contributed by atoms with Gasteiger partial charge in [0.1, 0.15) is 5.75 Å². The smallest absolute Gasteiger partial charge is 0.344 e. The van der Waals surface area contributed by atoms with Gasteiger partial charge in [-0.25, -0.2) is 4.79 Å². The van der Waals surface area contributed by atoms with Gasteiger partial charge in [0.25, 0.3) is 0 Å². The molecule has 1 atom stereocenters. The molecule has 0 saturated heterocycles. The van der Waals surface area contributed by atoms with Crippen molar-refractivity contribution in [2.45, 2.75) is 20.8 Å². The van der Waals surface area contributed by atoms with E-state index in [9.17, 15) is 4.79 Å². The van der Waals surface area contributed by atoms with E-state index in [2.05, 4.69) is 25.1 Å². The molecule has 0 aliphatic rings. The summed E-state index contributed by atoms with van der Waals surface area (Å²) in [6.07, 6.45) is 0. The Morgan fingerprint density at radius 3 is 1.96 bits per heavy atom. The molecule has 0 aliphatic heterocycles. The van der Waals surface area contributed by atoms with Crippen LogP contribution in [0.5, 0.6) is 5.75 Å². The molecule has 0 N–H and O–H groups in total. The number of carbonyl (C=O) groups excluding carboxylic acids is 1. The van der Waals surface area contributed by atoms with Crippen molar-refractivity contribution in [3.8, 4) is 16.9 Å². The van der Waals surface area contributed by atoms with Crippen molar-refractivity contribution in [3.05, 3.63) is 89.0 Å². The Kier molecular flexibility index (Phi) is 6.12. The van der Waals surface area contributed by atoms with Crippen molar-refractivity contribution in [1.29, 1.82) is 0 Å². The molecule has 0 bridgehead atoms. The first kappa shape index (κ1) is 18.9. The van der Waals surface area contributed by atoms with Crippen molar-refractivity contribution in [3.63, 3.8) is 0 Å². The van der Waals surface area contributed by atoms with Gasteiger partial charge in [-0.1, -0.05) is 54.6 Å². The molecule has 0 spiro atoms. The van der Waals surface area contributed by atoms with Crippen LogP contribution in [0.4, 0.5) is 0 Å². The second-order valence-electron chi connectivity index (χ2n) is 5.95. The Labute approximate surface area is 152 Å². The first-order chi connectivity index (χ1) is 11.6. The van der Waals surface area contributed by atoms with Gasteiger partial charge in [-0.15, -0.1) is 0 Å². The zero-order valence-corrected chi connectivity index (χ0v) is 16.3. The highest BCUT2D eigenvalue weighted by Gasteiger charge is 2.19. The van der Waals surface area contributed by atoms with Gasteiger partial charge in [0.05, 0.1) is 5.56 Å². The van der Waals surface area contributed by atoms with E-state index in [1.54, 1.807) is 12.1 Å². The minimum absolute atomic E-state index is 0. The van der Waals surface area contributed by atoms with E-state index in [-0.39, 0.29) is 15.9 Å². The summed E-state index contributed by atoms with van der Waals surface area (Å²) >= 11 is 0. The topological polar surface area (TPSA) is 26.3 Å². The summed E-state index contributed by atoms with van der Waals surface area (Å²) in [4.78, 5) is 12.7. The van der Waals surface area contributed by atoms with Crippen LogP contribution in [0.15, 0.2) is 66.7 Å². The van der Waals surface area contributed by atoms with Gasteiger partial charge in [0.15, 0.2) is 0 Å². The van der Waals surface area contributed by atoms with Crippen LogP contribution < -0.4 is 4.74 Å². The van der Waals surface area contributed by atoms with Gasteiger partial charge < -0.3 is 4.74 Å². The van der Waals surface area contributed by atoms with Gasteiger partial charge in [0, 0.05) is 0 Å². The molecule has 0 radical (unpaired) electrons. The van der Waals surface area contributed by atoms with Crippen molar-refractivity contribution in [1.82, 2.24) is 0 Å². The average molecular weight is 350 g/mol. The van der Waals surface area contributed by atoms with Crippen LogP contribution in [0.2, 0.25) is 0 Å². The lowest BCUT2D eigenvalue weighted by atomic mass is 9.89. The number of hydrogen-bond donors (Lipinski definition) is 0. The molecule has 3 aromatic carbocycles. The van der Waals surface area contributed by atoms with E-state index in [1.165, 1.54) is 0 Å². The van der Waals surface area contributed by atoms with Gasteiger partial charge in [-0.05, 0) is 60.7 Å². The summed E-state index contributed by atoms with van der Waals surface area (Å²) in [5, 5.41) is 0. The van der Waals surface area contributed by atoms with Crippen LogP contribution >= 0.6 is 9.90 Å². The highest BCUT2D eigenvalue weighted by atomic mass is 31.0. The fourth-order valence-corrected chi connectivity index (χ4v) is 3.20. The predicted octanol–water partition coefficient (Wildman–Crippen LogP) is 5.56. The first-order valence-corrected chi connectivity index (χ1v) is 8.01. The summed E-state index contributed by atoms with van der Waals surface area (Å²) in [5.74, 6) is 0.247. The number of ether oxygens (including phenoxy) is 1. The summed E-state index contributed by atoms with van der Waals surface area (Å²) < 4.78 is 5.55. The molecule has 0 saturated carbocycles. The van der Waals surface area contributed by atoms with Crippen molar-refractivity contribution < 1.29 is 9.53 Å². The largest absolute Gasteiger partial charge is 0.423 e. The monoisotopic (exact) mass is 350 g/mol. The van der Waals surface area contributed by atoms with E-state index in [0.717, 1.165) is 27.8 Å². The van der Waals surface area contributed by atoms with Crippen LogP contribution in [0.3, 0.4) is 0 Å². The molecular weight excluding hydrogens is 327 g/mol. The minimum Gasteiger partial charge on any atom is -0.423 e. The van der Waals surface area contributed by atoms with Crippen LogP contribution in [0, 0.1) is 20.8 Å². The van der Waals surface area contributed by atoms with Gasteiger partial charge in [-0.2, -0.15) is 9.90 Å². The molecule has 0 amide bonds. The molecule has 3 rings (SSSR count). The quantitative estimate of drug-likeness (QED) is 0.351. The Morgan fingerprint density at radius 2 is 1.36 bits per heavy atom. The lowest BCUT2D eigenvalue weighted by Crippen LogP contribution is -2.13. The molecule has 3 heteroatoms. The molecule has 0 heterocycles. The first-order valence-electron chi connectivity index (χ1n) is 8.01. The Hall–Kier alpha value is -2.44. The zero-order valence-electron chi connectivity index (χ0n) is 14.9. The van der Waals surface area contributed by atoms with Crippen LogP contribution in [0.25, 0.3) is 11.1 Å². The minimum atomic E-state index is -0.312. The highest BCUT2D eigenvalue weighted by molar-refractivity contribution is 6.92. The van der Waals surface area contributed by atoms with Gasteiger partial charge in [-0.3, -0.25) is 0 Å². The lowest BCUT2D eigenvalue weighted by molar-refractivity contribution is 0.0733. The Balaban J connectivity index is 0.00000225. The summed E-state index contributed by atoms with van der Waals surface area (Å²) in [7, 11) is 0. The van der Waals surface area contributed by atoms with E-state index in [1.807, 2.05) is 50.2 Å². The second-order valence-corrected chi connectivity index (χ2v) is 5.95. The van der Waals surface area contributed by atoms with E-state index >= 15 is 0 Å². The Morgan fingerprint density at radius 1 is 0.800 bits per heavy atom. The number of carbonyl (C=O) groups is 1. The molecular formula is C22H23O2P. The van der Waals surface area contributed by atoms with Gasteiger partial charge in [0.2, 0.25) is 0 Å². The lowest BCUT2D eigenvalue weighted by Gasteiger charge is -2.17. The standard InChI is InChI=1S/C22H20O2.H3P/c1-15-14-16(2)21(22(23)24-19-12-8-5-9-13-19)17(3)20(15)18-10-6-4-7-11-18;/h4-14H,1-3H3;1H3. The molecule has 0 fully saturated rings. The summed E-state index contributed by atoms with van der Waals surface area (Å²) in [5.41, 5.74) is 5.91. The molecule has 0 aromatic heterocycles. The number of aryl methyl sites for hydroxylation is 2. The molecule has 2 nitrogen and oxygen atoms in total. The third-order valence-corrected chi connectivity index (χ3v) is 4.19. The third kappa shape index (κ3) is 3.97. The van der Waals surface area contributed by atoms with Crippen LogP contribution in [0.1, 0.15) is 27.0 Å². The molecule has 25 heavy (non-hydrogen) atoms. The third-order valence-electron chi connectivity index (χ3n) is 4.19. The molecule has 3 aromatic rings. The normalized spacial score (nSPS) is 10.0. The van der Waals surface area contributed by atoms with Crippen LogP contribution in [-0.4, -0.2) is 5.97 Å². The maximum Gasteiger partial charge on any atom is 0.344 e. The summed E-state index contributed by atoms with van der Waals surface area (Å²) in [6, 6.07) is 21.4. The van der Waals surface area contributed by atoms with E-state index in [4.69, 9.17) is 4.74 Å². The highest BCUT2D eigenvalue weighted by Crippen LogP contribution is 2.32. The van der Waals surface area contributed by atoms with Crippen molar-refractivity contribution in [2.24, 2.45) is 0 Å². The van der Waals surface area contributed by atoms with E-state index in [0.29, 0.717) is 11.3 Å². The molecule has 1 unspecified atom stereocenters. The maximum atomic E-state index is 12.7. The van der Waals surface area contributed by atoms with Gasteiger partial charge >= 0.3 is 5.97 Å². The number of para-hydroxylation sites is 1. The predicted molar refractivity (Wildman–Crippen MR) is 109 cm³/mol. The fraction of sp³-hybridized carbons (Fsp3) is 0.136. The zero-order chi connectivity index (χ0) is 17.1. The SMILES string of the molecule is Cc1cc(C)c(-c2ccccc2)c(C)c1C(=O)Oc1ccccc1.P.